The minimum Gasteiger partial charge on any atom is -0.324 e. The summed E-state index contributed by atoms with van der Waals surface area (Å²) in [4.78, 5) is 13.7. The van der Waals surface area contributed by atoms with Crippen LogP contribution in [0.2, 0.25) is 0 Å². The molecule has 1 N–H and O–H groups in total. The van der Waals surface area contributed by atoms with E-state index < -0.39 is 15.9 Å². The van der Waals surface area contributed by atoms with Gasteiger partial charge in [0.25, 0.3) is 0 Å². The minimum absolute atomic E-state index is 0.180. The molecule has 1 amide bonds. The van der Waals surface area contributed by atoms with Gasteiger partial charge in [-0.2, -0.15) is 9.10 Å². The van der Waals surface area contributed by atoms with Crippen molar-refractivity contribution >= 4 is 21.6 Å². The molecule has 0 atom stereocenters. The van der Waals surface area contributed by atoms with E-state index >= 15 is 0 Å². The van der Waals surface area contributed by atoms with Gasteiger partial charge in [-0.25, -0.2) is 12.8 Å². The fraction of sp³-hybridized carbons (Fsp3) is 0.364. The molecule has 4 rings (SSSR count). The molecule has 11 heteroatoms. The van der Waals surface area contributed by atoms with Gasteiger partial charge in [-0.15, -0.1) is 10.2 Å². The van der Waals surface area contributed by atoms with Crippen LogP contribution in [0.3, 0.4) is 0 Å². The van der Waals surface area contributed by atoms with Crippen LogP contribution in [0.25, 0.3) is 11.4 Å². The van der Waals surface area contributed by atoms with Gasteiger partial charge < -0.3 is 5.32 Å². The van der Waals surface area contributed by atoms with Crippen LogP contribution in [-0.4, -0.2) is 51.9 Å². The minimum atomic E-state index is -3.54. The van der Waals surface area contributed by atoms with Gasteiger partial charge in [0.05, 0.1) is 4.90 Å². The SMILES string of the molecule is Cc1cc(-c2nnn(CC(=O)Nc3ccc(S(=O)(=O)N4CCCCCC4)cc3)n2)ccc1F. The predicted molar refractivity (Wildman–Crippen MR) is 120 cm³/mol. The highest BCUT2D eigenvalue weighted by Gasteiger charge is 2.25. The zero-order valence-corrected chi connectivity index (χ0v) is 19.1. The van der Waals surface area contributed by atoms with E-state index in [-0.39, 0.29) is 23.1 Å². The Morgan fingerprint density at radius 2 is 1.76 bits per heavy atom. The highest BCUT2D eigenvalue weighted by atomic mass is 32.2. The molecule has 0 saturated carbocycles. The zero-order chi connectivity index (χ0) is 23.4. The number of rotatable bonds is 6. The lowest BCUT2D eigenvalue weighted by Crippen LogP contribution is -2.31. The van der Waals surface area contributed by atoms with E-state index in [1.807, 2.05) is 0 Å². The van der Waals surface area contributed by atoms with Crippen LogP contribution in [0.5, 0.6) is 0 Å². The number of benzene rings is 2. The summed E-state index contributed by atoms with van der Waals surface area (Å²) in [6.45, 7) is 2.53. The van der Waals surface area contributed by atoms with Crippen LogP contribution in [0.15, 0.2) is 47.4 Å². The first-order chi connectivity index (χ1) is 15.8. The van der Waals surface area contributed by atoms with Crippen molar-refractivity contribution < 1.29 is 17.6 Å². The number of carbonyl (C=O) groups is 1. The molecule has 0 bridgehead atoms. The second-order valence-corrected chi connectivity index (χ2v) is 9.94. The number of nitrogens with one attached hydrogen (secondary N) is 1. The van der Waals surface area contributed by atoms with Gasteiger partial charge in [-0.3, -0.25) is 4.79 Å². The van der Waals surface area contributed by atoms with Crippen molar-refractivity contribution in [3.8, 4) is 11.4 Å². The molecule has 1 aliphatic rings. The number of aryl methyl sites for hydroxylation is 1. The number of halogens is 1. The average molecular weight is 473 g/mol. The van der Waals surface area contributed by atoms with Gasteiger partial charge in [0.1, 0.15) is 12.4 Å². The molecule has 1 aromatic heterocycles. The Balaban J connectivity index is 1.38. The van der Waals surface area contributed by atoms with Crippen LogP contribution in [0.1, 0.15) is 31.2 Å². The molecule has 0 radical (unpaired) electrons. The molecule has 2 heterocycles. The highest BCUT2D eigenvalue weighted by molar-refractivity contribution is 7.89. The fourth-order valence-corrected chi connectivity index (χ4v) is 5.20. The van der Waals surface area contributed by atoms with Crippen molar-refractivity contribution in [3.63, 3.8) is 0 Å². The van der Waals surface area contributed by atoms with Gasteiger partial charge in [0.15, 0.2) is 0 Å². The van der Waals surface area contributed by atoms with E-state index in [9.17, 15) is 17.6 Å². The van der Waals surface area contributed by atoms with E-state index in [0.29, 0.717) is 29.9 Å². The quantitative estimate of drug-likeness (QED) is 0.591. The second-order valence-electron chi connectivity index (χ2n) is 8.00. The first kappa shape index (κ1) is 23.0. The predicted octanol–water partition coefficient (Wildman–Crippen LogP) is 2.99. The second kappa shape index (κ2) is 9.75. The largest absolute Gasteiger partial charge is 0.324 e. The molecule has 1 fully saturated rings. The van der Waals surface area contributed by atoms with E-state index in [1.54, 1.807) is 31.2 Å². The number of carbonyl (C=O) groups excluding carboxylic acids is 1. The third-order valence-electron chi connectivity index (χ3n) is 5.49. The van der Waals surface area contributed by atoms with Crippen LogP contribution < -0.4 is 5.32 Å². The number of hydrogen-bond donors (Lipinski definition) is 1. The number of nitrogens with zero attached hydrogens (tertiary/aromatic N) is 5. The third-order valence-corrected chi connectivity index (χ3v) is 7.41. The molecule has 0 unspecified atom stereocenters. The lowest BCUT2D eigenvalue weighted by atomic mass is 10.1. The summed E-state index contributed by atoms with van der Waals surface area (Å²) in [5, 5.41) is 14.6. The van der Waals surface area contributed by atoms with E-state index in [4.69, 9.17) is 0 Å². The fourth-order valence-electron chi connectivity index (χ4n) is 3.68. The molecule has 0 spiro atoms. The number of sulfonamides is 1. The molecule has 9 nitrogen and oxygen atoms in total. The molecule has 0 aliphatic carbocycles. The van der Waals surface area contributed by atoms with Crippen molar-refractivity contribution in [2.24, 2.45) is 0 Å². The number of tetrazole rings is 1. The topological polar surface area (TPSA) is 110 Å². The highest BCUT2D eigenvalue weighted by Crippen LogP contribution is 2.22. The molecule has 174 valence electrons. The lowest BCUT2D eigenvalue weighted by molar-refractivity contribution is -0.117. The van der Waals surface area contributed by atoms with E-state index in [0.717, 1.165) is 30.5 Å². The number of anilines is 1. The molecule has 33 heavy (non-hydrogen) atoms. The van der Waals surface area contributed by atoms with Crippen LogP contribution in [-0.2, 0) is 21.4 Å². The van der Waals surface area contributed by atoms with E-state index in [2.05, 4.69) is 20.7 Å². The molecule has 1 aliphatic heterocycles. The van der Waals surface area contributed by atoms with Crippen molar-refractivity contribution in [2.45, 2.75) is 44.0 Å². The maximum absolute atomic E-state index is 13.4. The van der Waals surface area contributed by atoms with Crippen LogP contribution >= 0.6 is 0 Å². The van der Waals surface area contributed by atoms with Gasteiger partial charge in [-0.05, 0) is 73.0 Å². The van der Waals surface area contributed by atoms with Crippen molar-refractivity contribution in [2.75, 3.05) is 18.4 Å². The van der Waals surface area contributed by atoms with Crippen LogP contribution in [0, 0.1) is 12.7 Å². The maximum Gasteiger partial charge on any atom is 0.248 e. The van der Waals surface area contributed by atoms with Crippen molar-refractivity contribution in [1.29, 1.82) is 0 Å². The lowest BCUT2D eigenvalue weighted by Gasteiger charge is -2.20. The van der Waals surface area contributed by atoms with Crippen LogP contribution in [0.4, 0.5) is 10.1 Å². The third kappa shape index (κ3) is 5.42. The summed E-state index contributed by atoms with van der Waals surface area (Å²) >= 11 is 0. The summed E-state index contributed by atoms with van der Waals surface area (Å²) in [5.41, 5.74) is 1.52. The monoisotopic (exact) mass is 472 g/mol. The Morgan fingerprint density at radius 1 is 1.06 bits per heavy atom. The Hall–Kier alpha value is -3.18. The van der Waals surface area contributed by atoms with Crippen molar-refractivity contribution in [1.82, 2.24) is 24.5 Å². The Morgan fingerprint density at radius 3 is 2.42 bits per heavy atom. The Kier molecular flexibility index (Phi) is 6.80. The number of hydrogen-bond acceptors (Lipinski definition) is 6. The van der Waals surface area contributed by atoms with E-state index in [1.165, 1.54) is 22.5 Å². The standard InChI is InChI=1S/C22H25FN6O3S/c1-16-14-17(6-11-20(16)23)22-25-27-29(26-22)15-21(30)24-18-7-9-19(10-8-18)33(31,32)28-12-4-2-3-5-13-28/h6-11,14H,2-5,12-13,15H2,1H3,(H,24,30). The number of amides is 1. The van der Waals surface area contributed by atoms with Gasteiger partial charge in [0, 0.05) is 24.3 Å². The summed E-state index contributed by atoms with van der Waals surface area (Å²) in [7, 11) is -3.54. The summed E-state index contributed by atoms with van der Waals surface area (Å²) in [6.07, 6.45) is 3.82. The summed E-state index contributed by atoms with van der Waals surface area (Å²) < 4.78 is 40.7. The van der Waals surface area contributed by atoms with Gasteiger partial charge in [-0.1, -0.05) is 12.8 Å². The average Bonchev–Trinajstić information content (AvgIpc) is 3.06. The molecular formula is C22H25FN6O3S. The van der Waals surface area contributed by atoms with Gasteiger partial charge in [0.2, 0.25) is 21.8 Å². The first-order valence-electron chi connectivity index (χ1n) is 10.8. The summed E-state index contributed by atoms with van der Waals surface area (Å²) in [6, 6.07) is 10.6. The smallest absolute Gasteiger partial charge is 0.248 e. The maximum atomic E-state index is 13.4. The zero-order valence-electron chi connectivity index (χ0n) is 18.2. The molecule has 2 aromatic carbocycles. The van der Waals surface area contributed by atoms with Gasteiger partial charge >= 0.3 is 0 Å². The number of aromatic nitrogens is 4. The molecule has 3 aromatic rings. The normalized spacial score (nSPS) is 15.2. The molecule has 1 saturated heterocycles. The Labute approximate surface area is 191 Å². The molecular weight excluding hydrogens is 447 g/mol. The van der Waals surface area contributed by atoms with Crippen molar-refractivity contribution in [3.05, 3.63) is 53.8 Å². The summed E-state index contributed by atoms with van der Waals surface area (Å²) in [5.74, 6) is -0.429. The Bertz CT molecular complexity index is 1240. The first-order valence-corrected chi connectivity index (χ1v) is 12.2.